The van der Waals surface area contributed by atoms with Crippen molar-refractivity contribution in [3.05, 3.63) is 76.8 Å². The molecule has 0 atom stereocenters. The van der Waals surface area contributed by atoms with Crippen molar-refractivity contribution in [2.24, 2.45) is 0 Å². The molecule has 6 heteroatoms. The molecule has 0 bridgehead atoms. The van der Waals surface area contributed by atoms with Crippen molar-refractivity contribution in [2.75, 3.05) is 11.9 Å². The van der Waals surface area contributed by atoms with Crippen LogP contribution in [0.3, 0.4) is 0 Å². The molecule has 3 aromatic carbocycles. The molecule has 4 aromatic rings. The van der Waals surface area contributed by atoms with Crippen molar-refractivity contribution < 1.29 is 13.9 Å². The number of rotatable bonds is 7. The molecule has 0 fully saturated rings. The number of benzene rings is 3. The highest BCUT2D eigenvalue weighted by atomic mass is 35.5. The van der Waals surface area contributed by atoms with E-state index in [0.717, 1.165) is 23.1 Å². The van der Waals surface area contributed by atoms with Gasteiger partial charge in [-0.05, 0) is 65.9 Å². The summed E-state index contributed by atoms with van der Waals surface area (Å²) in [7, 11) is 0. The van der Waals surface area contributed by atoms with Crippen molar-refractivity contribution in [3.63, 3.8) is 0 Å². The standard InChI is InChI=1S/C26H25ClN2O3/c1-4-17-5-12-24-23(13-17)29-26(32-24)19-8-11-21(27)22(14-19)28-25(30)15-31-20-9-6-18(7-10-20)16(2)3/h5-14,16H,4,15H2,1-3H3,(H,28,30). The van der Waals surface area contributed by atoms with Gasteiger partial charge in [-0.25, -0.2) is 4.98 Å². The second-order valence-corrected chi connectivity index (χ2v) is 8.34. The number of ether oxygens (including phenoxy) is 1. The van der Waals surface area contributed by atoms with E-state index in [0.29, 0.717) is 28.3 Å². The summed E-state index contributed by atoms with van der Waals surface area (Å²) in [5.74, 6) is 1.25. The Labute approximate surface area is 192 Å². The first-order valence-corrected chi connectivity index (χ1v) is 11.0. The molecule has 0 aliphatic heterocycles. The zero-order valence-electron chi connectivity index (χ0n) is 18.3. The van der Waals surface area contributed by atoms with E-state index in [1.54, 1.807) is 12.1 Å². The monoisotopic (exact) mass is 448 g/mol. The molecule has 0 saturated carbocycles. The number of nitrogens with one attached hydrogen (secondary N) is 1. The Balaban J connectivity index is 1.46. The van der Waals surface area contributed by atoms with Gasteiger partial charge in [-0.3, -0.25) is 4.79 Å². The van der Waals surface area contributed by atoms with Crippen LogP contribution in [-0.2, 0) is 11.2 Å². The number of aromatic nitrogens is 1. The average Bonchev–Trinajstić information content (AvgIpc) is 3.22. The van der Waals surface area contributed by atoms with E-state index in [-0.39, 0.29) is 12.5 Å². The summed E-state index contributed by atoms with van der Waals surface area (Å²) < 4.78 is 11.5. The summed E-state index contributed by atoms with van der Waals surface area (Å²) in [4.78, 5) is 17.0. The molecule has 0 aliphatic rings. The van der Waals surface area contributed by atoms with E-state index < -0.39 is 0 Å². The molecule has 164 valence electrons. The summed E-state index contributed by atoms with van der Waals surface area (Å²) in [5.41, 5.74) is 5.13. The maximum Gasteiger partial charge on any atom is 0.262 e. The van der Waals surface area contributed by atoms with Crippen LogP contribution in [-0.4, -0.2) is 17.5 Å². The lowest BCUT2D eigenvalue weighted by atomic mass is 10.0. The van der Waals surface area contributed by atoms with E-state index in [9.17, 15) is 4.79 Å². The highest BCUT2D eigenvalue weighted by Crippen LogP contribution is 2.31. The molecule has 0 spiro atoms. The minimum absolute atomic E-state index is 0.121. The Kier molecular flexibility index (Phi) is 6.47. The number of carbonyl (C=O) groups excluding carboxylic acids is 1. The fraction of sp³-hybridized carbons (Fsp3) is 0.231. The van der Waals surface area contributed by atoms with Gasteiger partial charge in [0.05, 0.1) is 10.7 Å². The first-order valence-electron chi connectivity index (χ1n) is 10.6. The van der Waals surface area contributed by atoms with Gasteiger partial charge in [-0.15, -0.1) is 0 Å². The van der Waals surface area contributed by atoms with E-state index in [1.165, 1.54) is 11.1 Å². The topological polar surface area (TPSA) is 64.4 Å². The number of hydrogen-bond donors (Lipinski definition) is 1. The van der Waals surface area contributed by atoms with Crippen LogP contribution in [0.2, 0.25) is 5.02 Å². The minimum Gasteiger partial charge on any atom is -0.484 e. The van der Waals surface area contributed by atoms with E-state index >= 15 is 0 Å². The van der Waals surface area contributed by atoms with Gasteiger partial charge in [0, 0.05) is 5.56 Å². The Morgan fingerprint density at radius 1 is 1.09 bits per heavy atom. The van der Waals surface area contributed by atoms with Crippen molar-refractivity contribution in [1.29, 1.82) is 0 Å². The van der Waals surface area contributed by atoms with Gasteiger partial charge in [0.2, 0.25) is 5.89 Å². The Hall–Kier alpha value is -3.31. The minimum atomic E-state index is -0.304. The molecule has 0 radical (unpaired) electrons. The molecular weight excluding hydrogens is 424 g/mol. The number of hydrogen-bond acceptors (Lipinski definition) is 4. The Morgan fingerprint density at radius 2 is 1.88 bits per heavy atom. The molecule has 4 rings (SSSR count). The summed E-state index contributed by atoms with van der Waals surface area (Å²) in [6, 6.07) is 19.0. The van der Waals surface area contributed by atoms with Gasteiger partial charge in [-0.1, -0.05) is 50.6 Å². The second-order valence-electron chi connectivity index (χ2n) is 7.93. The molecule has 5 nitrogen and oxygen atoms in total. The third-order valence-electron chi connectivity index (χ3n) is 5.26. The zero-order valence-corrected chi connectivity index (χ0v) is 19.1. The van der Waals surface area contributed by atoms with Crippen LogP contribution in [0.15, 0.2) is 65.1 Å². The number of fused-ring (bicyclic) bond motifs is 1. The smallest absolute Gasteiger partial charge is 0.262 e. The number of carbonyl (C=O) groups is 1. The Bertz CT molecular complexity index is 1250. The molecule has 0 unspecified atom stereocenters. The summed E-state index contributed by atoms with van der Waals surface area (Å²) in [6.07, 6.45) is 0.930. The highest BCUT2D eigenvalue weighted by Gasteiger charge is 2.13. The first kappa shape index (κ1) is 21.9. The lowest BCUT2D eigenvalue weighted by molar-refractivity contribution is -0.118. The summed E-state index contributed by atoms with van der Waals surface area (Å²) in [5, 5.41) is 3.23. The van der Waals surface area contributed by atoms with Gasteiger partial charge in [0.25, 0.3) is 5.91 Å². The fourth-order valence-corrected chi connectivity index (χ4v) is 3.52. The van der Waals surface area contributed by atoms with Crippen LogP contribution in [0.5, 0.6) is 5.75 Å². The molecule has 1 N–H and O–H groups in total. The van der Waals surface area contributed by atoms with E-state index in [1.807, 2.05) is 48.5 Å². The Morgan fingerprint density at radius 3 is 2.59 bits per heavy atom. The maximum atomic E-state index is 12.4. The highest BCUT2D eigenvalue weighted by molar-refractivity contribution is 6.33. The van der Waals surface area contributed by atoms with Crippen molar-refractivity contribution in [1.82, 2.24) is 4.98 Å². The quantitative estimate of drug-likeness (QED) is 0.335. The summed E-state index contributed by atoms with van der Waals surface area (Å²) in [6.45, 7) is 6.24. The molecule has 0 aliphatic carbocycles. The third kappa shape index (κ3) is 4.94. The molecule has 32 heavy (non-hydrogen) atoms. The van der Waals surface area contributed by atoms with E-state index in [4.69, 9.17) is 20.8 Å². The number of oxazole rings is 1. The predicted octanol–water partition coefficient (Wildman–Crippen LogP) is 6.85. The van der Waals surface area contributed by atoms with Crippen LogP contribution in [0, 0.1) is 0 Å². The second kappa shape index (κ2) is 9.45. The molecule has 0 saturated heterocycles. The number of anilines is 1. The van der Waals surface area contributed by atoms with Crippen LogP contribution < -0.4 is 10.1 Å². The third-order valence-corrected chi connectivity index (χ3v) is 5.59. The van der Waals surface area contributed by atoms with Gasteiger partial charge in [0.1, 0.15) is 11.3 Å². The van der Waals surface area contributed by atoms with Gasteiger partial charge in [-0.2, -0.15) is 0 Å². The van der Waals surface area contributed by atoms with Crippen molar-refractivity contribution in [2.45, 2.75) is 33.1 Å². The number of amides is 1. The maximum absolute atomic E-state index is 12.4. The molecule has 1 aromatic heterocycles. The van der Waals surface area contributed by atoms with Crippen molar-refractivity contribution >= 4 is 34.3 Å². The van der Waals surface area contributed by atoms with Crippen LogP contribution in [0.25, 0.3) is 22.6 Å². The lowest BCUT2D eigenvalue weighted by Crippen LogP contribution is -2.20. The van der Waals surface area contributed by atoms with Crippen LogP contribution in [0.4, 0.5) is 5.69 Å². The predicted molar refractivity (Wildman–Crippen MR) is 128 cm³/mol. The van der Waals surface area contributed by atoms with Gasteiger partial charge >= 0.3 is 0 Å². The molecule has 1 amide bonds. The number of halogens is 1. The zero-order chi connectivity index (χ0) is 22.7. The largest absolute Gasteiger partial charge is 0.484 e. The van der Waals surface area contributed by atoms with Crippen molar-refractivity contribution in [3.8, 4) is 17.2 Å². The van der Waals surface area contributed by atoms with Gasteiger partial charge < -0.3 is 14.5 Å². The lowest BCUT2D eigenvalue weighted by Gasteiger charge is -2.11. The molecular formula is C26H25ClN2O3. The molecule has 1 heterocycles. The van der Waals surface area contributed by atoms with Crippen LogP contribution in [0.1, 0.15) is 37.8 Å². The summed E-state index contributed by atoms with van der Waals surface area (Å²) >= 11 is 6.30. The first-order chi connectivity index (χ1) is 15.4. The van der Waals surface area contributed by atoms with Crippen LogP contribution >= 0.6 is 11.6 Å². The number of aryl methyl sites for hydroxylation is 1. The number of nitrogens with zero attached hydrogens (tertiary/aromatic N) is 1. The average molecular weight is 449 g/mol. The SMILES string of the molecule is CCc1ccc2oc(-c3ccc(Cl)c(NC(=O)COc4ccc(C(C)C)cc4)c3)nc2c1. The fourth-order valence-electron chi connectivity index (χ4n) is 3.35. The van der Waals surface area contributed by atoms with Gasteiger partial charge in [0.15, 0.2) is 12.2 Å². The normalized spacial score (nSPS) is 11.2. The van der Waals surface area contributed by atoms with E-state index in [2.05, 4.69) is 31.1 Å².